The van der Waals surface area contributed by atoms with Gasteiger partial charge in [-0.1, -0.05) is 231 Å². The van der Waals surface area contributed by atoms with E-state index in [1.54, 1.807) is 0 Å². The first-order valence-electron chi connectivity index (χ1n) is 26.8. The van der Waals surface area contributed by atoms with Gasteiger partial charge in [0.05, 0.1) is 22.2 Å². The average molecular weight is 967 g/mol. The molecule has 0 bridgehead atoms. The van der Waals surface area contributed by atoms with E-state index in [4.69, 9.17) is 0 Å². The van der Waals surface area contributed by atoms with Crippen molar-refractivity contribution in [3.63, 3.8) is 0 Å². The zero-order chi connectivity index (χ0) is 50.0. The highest BCUT2D eigenvalue weighted by molar-refractivity contribution is 6.97. The van der Waals surface area contributed by atoms with Gasteiger partial charge in [-0.3, -0.25) is 0 Å². The van der Waals surface area contributed by atoms with Gasteiger partial charge in [0, 0.05) is 59.3 Å². The van der Waals surface area contributed by atoms with E-state index < -0.39 is 10.8 Å². The number of hydrogen-bond acceptors (Lipinski definition) is 4. The predicted octanol–water partition coefficient (Wildman–Crippen LogP) is 13.1. The normalized spacial score (nSPS) is 15.6. The average Bonchev–Trinajstić information content (AvgIpc) is 3.56. The quantitative estimate of drug-likeness (QED) is 0.163. The Morgan fingerprint density at radius 1 is 0.276 bits per heavy atom. The van der Waals surface area contributed by atoms with Crippen LogP contribution in [0.1, 0.15) is 44.5 Å². The molecule has 0 spiro atoms. The summed E-state index contributed by atoms with van der Waals surface area (Å²) in [5.41, 5.74) is 29.4. The molecule has 4 nitrogen and oxygen atoms in total. The first-order chi connectivity index (χ1) is 37.6. The van der Waals surface area contributed by atoms with Crippen LogP contribution in [0.3, 0.4) is 0 Å². The standard InChI is InChI=1S/C70H48B2N4/c1-73-59-43-21-17-39-55(59)71-63-61(49-33-23-37-53-65(49)75(71)57-41-19-15-35-51(57)69(53,45-25-7-3-8-26-45)46-27-9-4-10-28-46)62-50-34-24-38-54-66(50)76(72-56-40-18-22-44-60(56)74(2)68(64(62)72)67(63)73)58-42-20-16-36-52(58)70(54,47-29-11-5-12-30-47)48-31-13-6-14-32-48/h3-44H,1-2H3. The third-order valence-electron chi connectivity index (χ3n) is 18.3. The summed E-state index contributed by atoms with van der Waals surface area (Å²) in [5.74, 6) is 0. The fraction of sp³-hybridized carbons (Fsp3) is 0.0571. The van der Waals surface area contributed by atoms with Crippen molar-refractivity contribution in [2.75, 3.05) is 33.5 Å². The van der Waals surface area contributed by atoms with Crippen LogP contribution in [0, 0.1) is 0 Å². The van der Waals surface area contributed by atoms with Crippen molar-refractivity contribution in [3.8, 4) is 22.3 Å². The minimum Gasteiger partial charge on any atom is -0.376 e. The zero-order valence-electron chi connectivity index (χ0n) is 42.2. The topological polar surface area (TPSA) is 13.0 Å². The molecule has 17 rings (SSSR count). The highest BCUT2D eigenvalue weighted by atomic mass is 15.2. The molecular formula is C70H48B2N4. The first-order valence-corrected chi connectivity index (χ1v) is 26.8. The Kier molecular flexibility index (Phi) is 8.42. The molecule has 0 aromatic heterocycles. The molecule has 11 aromatic carbocycles. The van der Waals surface area contributed by atoms with E-state index in [1.165, 1.54) is 134 Å². The van der Waals surface area contributed by atoms with Crippen molar-refractivity contribution in [2.24, 2.45) is 0 Å². The van der Waals surface area contributed by atoms with Crippen LogP contribution in [0.2, 0.25) is 0 Å². The van der Waals surface area contributed by atoms with E-state index in [2.05, 4.69) is 288 Å². The molecule has 0 unspecified atom stereocenters. The van der Waals surface area contributed by atoms with Crippen molar-refractivity contribution in [1.82, 2.24) is 0 Å². The van der Waals surface area contributed by atoms with Gasteiger partial charge in [0.2, 0.25) is 0 Å². The van der Waals surface area contributed by atoms with Crippen LogP contribution in [-0.2, 0) is 10.8 Å². The molecule has 6 aliphatic heterocycles. The van der Waals surface area contributed by atoms with Crippen molar-refractivity contribution in [2.45, 2.75) is 10.8 Å². The molecule has 6 heteroatoms. The van der Waals surface area contributed by atoms with Gasteiger partial charge in [-0.2, -0.15) is 0 Å². The Balaban J connectivity index is 1.09. The Morgan fingerprint density at radius 3 is 0.947 bits per heavy atom. The molecule has 0 amide bonds. The van der Waals surface area contributed by atoms with Gasteiger partial charge in [0.15, 0.2) is 0 Å². The van der Waals surface area contributed by atoms with Crippen LogP contribution in [0.4, 0.5) is 45.5 Å². The summed E-state index contributed by atoms with van der Waals surface area (Å²) in [5, 5.41) is 0. The highest BCUT2D eigenvalue weighted by Gasteiger charge is 2.59. The van der Waals surface area contributed by atoms with Crippen molar-refractivity contribution < 1.29 is 0 Å². The van der Waals surface area contributed by atoms with E-state index in [-0.39, 0.29) is 13.7 Å². The molecule has 0 radical (unpaired) electrons. The lowest BCUT2D eigenvalue weighted by Gasteiger charge is -2.56. The summed E-state index contributed by atoms with van der Waals surface area (Å²) in [6.45, 7) is -0.318. The number of rotatable bonds is 4. The molecule has 76 heavy (non-hydrogen) atoms. The number of hydrogen-bond donors (Lipinski definition) is 0. The summed E-state index contributed by atoms with van der Waals surface area (Å²) in [6, 6.07) is 96.8. The van der Waals surface area contributed by atoms with E-state index in [1.807, 2.05) is 0 Å². The van der Waals surface area contributed by atoms with Crippen LogP contribution in [0.25, 0.3) is 22.3 Å². The molecule has 0 N–H and O–H groups in total. The fourth-order valence-corrected chi connectivity index (χ4v) is 15.7. The van der Waals surface area contributed by atoms with Crippen molar-refractivity contribution >= 4 is 81.0 Å². The van der Waals surface area contributed by atoms with Crippen molar-refractivity contribution in [1.29, 1.82) is 0 Å². The first kappa shape index (κ1) is 42.1. The second-order valence-electron chi connectivity index (χ2n) is 21.5. The molecule has 354 valence electrons. The van der Waals surface area contributed by atoms with Gasteiger partial charge in [-0.25, -0.2) is 0 Å². The molecule has 6 heterocycles. The highest BCUT2D eigenvalue weighted by Crippen LogP contribution is 2.65. The molecule has 6 aliphatic rings. The summed E-state index contributed by atoms with van der Waals surface area (Å²) < 4.78 is 0. The Morgan fingerprint density at radius 2 is 0.579 bits per heavy atom. The predicted molar refractivity (Wildman–Crippen MR) is 317 cm³/mol. The van der Waals surface area contributed by atoms with Gasteiger partial charge in [0.1, 0.15) is 0 Å². The smallest absolute Gasteiger partial charge is 0.333 e. The van der Waals surface area contributed by atoms with Crippen molar-refractivity contribution in [3.05, 3.63) is 299 Å². The lowest BCUT2D eigenvalue weighted by Crippen LogP contribution is -2.67. The van der Waals surface area contributed by atoms with Crippen LogP contribution in [0.5, 0.6) is 0 Å². The molecule has 0 saturated carbocycles. The molecular weight excluding hydrogens is 918 g/mol. The zero-order valence-corrected chi connectivity index (χ0v) is 42.2. The lowest BCUT2D eigenvalue weighted by molar-refractivity contribution is 0.734. The second-order valence-corrected chi connectivity index (χ2v) is 21.5. The maximum absolute atomic E-state index is 2.76. The number of fused-ring (bicyclic) bond motifs is 14. The third-order valence-corrected chi connectivity index (χ3v) is 18.3. The van der Waals surface area contributed by atoms with Crippen LogP contribution in [-0.4, -0.2) is 27.8 Å². The maximum Gasteiger partial charge on any atom is 0.333 e. The Labute approximate surface area is 444 Å². The van der Waals surface area contributed by atoms with E-state index >= 15 is 0 Å². The number of para-hydroxylation sites is 6. The third kappa shape index (κ3) is 4.94. The van der Waals surface area contributed by atoms with Gasteiger partial charge in [0.25, 0.3) is 0 Å². The molecule has 0 saturated heterocycles. The SMILES string of the molecule is CN1c2ccccc2B2c3c(c4c5c(c31)N(C)c1ccccc1B5N1c3ccccc3C(c3ccccc3)(c3ccccc3)c3cccc-4c31)-c1cccc3c1N2c1ccccc1C3(c1ccccc1)c1ccccc1. The molecule has 0 fully saturated rings. The molecule has 0 aliphatic carbocycles. The number of nitrogens with zero attached hydrogens (tertiary/aromatic N) is 4. The Bertz CT molecular complexity index is 3900. The monoisotopic (exact) mass is 966 g/mol. The Hall–Kier alpha value is -9.25. The van der Waals surface area contributed by atoms with Gasteiger partial charge < -0.3 is 19.4 Å². The summed E-state index contributed by atoms with van der Waals surface area (Å²) in [6.07, 6.45) is 0. The number of anilines is 8. The molecule has 11 aromatic rings. The van der Waals surface area contributed by atoms with E-state index in [9.17, 15) is 0 Å². The van der Waals surface area contributed by atoms with Gasteiger partial charge in [-0.15, -0.1) is 0 Å². The van der Waals surface area contributed by atoms with Crippen LogP contribution >= 0.6 is 0 Å². The van der Waals surface area contributed by atoms with Gasteiger partial charge >= 0.3 is 13.7 Å². The largest absolute Gasteiger partial charge is 0.376 e. The minimum atomic E-state index is -0.628. The van der Waals surface area contributed by atoms with E-state index in [0.717, 1.165) is 0 Å². The lowest BCUT2D eigenvalue weighted by atomic mass is 9.37. The molecule has 0 atom stereocenters. The fourth-order valence-electron chi connectivity index (χ4n) is 15.7. The number of benzene rings is 11. The maximum atomic E-state index is 2.76. The van der Waals surface area contributed by atoms with Crippen LogP contribution in [0.15, 0.2) is 255 Å². The van der Waals surface area contributed by atoms with E-state index in [0.29, 0.717) is 0 Å². The van der Waals surface area contributed by atoms with Crippen LogP contribution < -0.4 is 41.3 Å². The van der Waals surface area contributed by atoms with Gasteiger partial charge in [-0.05, 0) is 102 Å². The summed E-state index contributed by atoms with van der Waals surface area (Å²) in [7, 11) is 4.64. The second kappa shape index (κ2) is 15.2. The summed E-state index contributed by atoms with van der Waals surface area (Å²) >= 11 is 0. The minimum absolute atomic E-state index is 0.159. The summed E-state index contributed by atoms with van der Waals surface area (Å²) in [4.78, 5) is 10.6.